The predicted molar refractivity (Wildman–Crippen MR) is 93.6 cm³/mol. The summed E-state index contributed by atoms with van der Waals surface area (Å²) < 4.78 is 12.0. The molecule has 0 radical (unpaired) electrons. The Morgan fingerprint density at radius 3 is 2.88 bits per heavy atom. The zero-order valence-corrected chi connectivity index (χ0v) is 14.6. The molecule has 0 saturated carbocycles. The van der Waals surface area contributed by atoms with Crippen LogP contribution in [0, 0.1) is 6.92 Å². The predicted octanol–water partition coefficient (Wildman–Crippen LogP) is 0.969. The SMILES string of the molecule is COCCC1CN(C(=O)Cn2nc(C)c3ccccc3c2=O)CCO1. The number of ether oxygens (including phenoxy) is 2. The third kappa shape index (κ3) is 3.88. The molecule has 0 bridgehead atoms. The Hall–Kier alpha value is -2.25. The van der Waals surface area contributed by atoms with Crippen LogP contribution in [0.3, 0.4) is 0 Å². The molecule has 0 N–H and O–H groups in total. The summed E-state index contributed by atoms with van der Waals surface area (Å²) in [4.78, 5) is 27.0. The number of benzene rings is 1. The molecule has 2 aromatic rings. The van der Waals surface area contributed by atoms with Gasteiger partial charge in [0.15, 0.2) is 0 Å². The summed E-state index contributed by atoms with van der Waals surface area (Å²) >= 11 is 0. The molecule has 1 amide bonds. The maximum atomic E-state index is 12.6. The normalized spacial score (nSPS) is 17.8. The largest absolute Gasteiger partial charge is 0.385 e. The van der Waals surface area contributed by atoms with Crippen molar-refractivity contribution in [2.75, 3.05) is 33.4 Å². The van der Waals surface area contributed by atoms with Gasteiger partial charge in [-0.1, -0.05) is 18.2 Å². The number of amides is 1. The van der Waals surface area contributed by atoms with Gasteiger partial charge in [-0.3, -0.25) is 9.59 Å². The van der Waals surface area contributed by atoms with Gasteiger partial charge >= 0.3 is 0 Å². The average molecular weight is 345 g/mol. The Morgan fingerprint density at radius 1 is 1.36 bits per heavy atom. The van der Waals surface area contributed by atoms with Gasteiger partial charge in [0.25, 0.3) is 5.56 Å². The Labute approximate surface area is 146 Å². The molecule has 1 unspecified atom stereocenters. The topological polar surface area (TPSA) is 73.7 Å². The lowest BCUT2D eigenvalue weighted by atomic mass is 10.1. The van der Waals surface area contributed by atoms with Gasteiger partial charge in [0.1, 0.15) is 6.54 Å². The monoisotopic (exact) mass is 345 g/mol. The smallest absolute Gasteiger partial charge is 0.275 e. The quantitative estimate of drug-likeness (QED) is 0.807. The van der Waals surface area contributed by atoms with Gasteiger partial charge in [0, 0.05) is 32.2 Å². The summed E-state index contributed by atoms with van der Waals surface area (Å²) in [6, 6.07) is 7.33. The van der Waals surface area contributed by atoms with E-state index in [1.165, 1.54) is 4.68 Å². The van der Waals surface area contributed by atoms with Crippen molar-refractivity contribution in [2.24, 2.45) is 0 Å². The number of aryl methyl sites for hydroxylation is 1. The number of hydrogen-bond acceptors (Lipinski definition) is 5. The van der Waals surface area contributed by atoms with E-state index in [4.69, 9.17) is 9.47 Å². The summed E-state index contributed by atoms with van der Waals surface area (Å²) in [5, 5.41) is 5.72. The number of aromatic nitrogens is 2. The first kappa shape index (κ1) is 17.6. The van der Waals surface area contributed by atoms with Crippen molar-refractivity contribution in [3.05, 3.63) is 40.3 Å². The molecule has 3 rings (SSSR count). The number of nitrogens with zero attached hydrogens (tertiary/aromatic N) is 3. The van der Waals surface area contributed by atoms with E-state index >= 15 is 0 Å². The summed E-state index contributed by atoms with van der Waals surface area (Å²) in [5.74, 6) is -0.116. The fourth-order valence-corrected chi connectivity index (χ4v) is 3.11. The van der Waals surface area contributed by atoms with E-state index in [1.54, 1.807) is 18.1 Å². The summed E-state index contributed by atoms with van der Waals surface area (Å²) in [7, 11) is 1.64. The van der Waals surface area contributed by atoms with Crippen molar-refractivity contribution >= 4 is 16.7 Å². The summed E-state index contributed by atoms with van der Waals surface area (Å²) in [5.41, 5.74) is 0.502. The minimum absolute atomic E-state index is 0.0272. The second-order valence-electron chi connectivity index (χ2n) is 6.21. The molecule has 1 saturated heterocycles. The third-order valence-electron chi connectivity index (χ3n) is 4.47. The maximum absolute atomic E-state index is 12.6. The van der Waals surface area contributed by atoms with Gasteiger partial charge in [-0.2, -0.15) is 5.10 Å². The molecule has 2 heterocycles. The Kier molecular flexibility index (Phi) is 5.45. The van der Waals surface area contributed by atoms with Crippen LogP contribution in [-0.2, 0) is 20.8 Å². The lowest BCUT2D eigenvalue weighted by Gasteiger charge is -2.33. The first-order chi connectivity index (χ1) is 12.1. The van der Waals surface area contributed by atoms with Crippen LogP contribution < -0.4 is 5.56 Å². The molecule has 1 aliphatic heterocycles. The number of fused-ring (bicyclic) bond motifs is 1. The zero-order valence-electron chi connectivity index (χ0n) is 14.6. The minimum Gasteiger partial charge on any atom is -0.385 e. The van der Waals surface area contributed by atoms with Gasteiger partial charge in [0.05, 0.1) is 23.8 Å². The molecule has 25 heavy (non-hydrogen) atoms. The van der Waals surface area contributed by atoms with Crippen molar-refractivity contribution in [2.45, 2.75) is 26.0 Å². The molecule has 7 nitrogen and oxygen atoms in total. The second-order valence-corrected chi connectivity index (χ2v) is 6.21. The highest BCUT2D eigenvalue weighted by Crippen LogP contribution is 2.13. The molecule has 7 heteroatoms. The summed E-state index contributed by atoms with van der Waals surface area (Å²) in [6.45, 7) is 3.93. The lowest BCUT2D eigenvalue weighted by Crippen LogP contribution is -2.48. The number of carbonyl (C=O) groups excluding carboxylic acids is 1. The average Bonchev–Trinajstić information content (AvgIpc) is 2.64. The molecular formula is C18H23N3O4. The molecule has 1 aromatic heterocycles. The van der Waals surface area contributed by atoms with Crippen LogP contribution in [0.15, 0.2) is 29.1 Å². The van der Waals surface area contributed by atoms with Crippen LogP contribution in [0.4, 0.5) is 0 Å². The maximum Gasteiger partial charge on any atom is 0.275 e. The van der Waals surface area contributed by atoms with Crippen molar-refractivity contribution in [3.8, 4) is 0 Å². The van der Waals surface area contributed by atoms with E-state index in [1.807, 2.05) is 25.1 Å². The molecule has 1 atom stereocenters. The first-order valence-corrected chi connectivity index (χ1v) is 8.45. The standard InChI is InChI=1S/C18H23N3O4/c1-13-15-5-3-4-6-16(15)18(23)21(19-13)12-17(22)20-8-10-25-14(11-20)7-9-24-2/h3-6,14H,7-12H2,1-2H3. The van der Waals surface area contributed by atoms with Gasteiger partial charge in [0.2, 0.25) is 5.91 Å². The second kappa shape index (κ2) is 7.76. The van der Waals surface area contributed by atoms with E-state index in [9.17, 15) is 9.59 Å². The van der Waals surface area contributed by atoms with Crippen LogP contribution in [-0.4, -0.2) is 60.1 Å². The Bertz CT molecular complexity index is 818. The van der Waals surface area contributed by atoms with Crippen molar-refractivity contribution in [3.63, 3.8) is 0 Å². The number of carbonyl (C=O) groups is 1. The number of morpholine rings is 1. The van der Waals surface area contributed by atoms with Gasteiger partial charge < -0.3 is 14.4 Å². The van der Waals surface area contributed by atoms with E-state index in [0.29, 0.717) is 31.7 Å². The fraction of sp³-hybridized carbons (Fsp3) is 0.500. The van der Waals surface area contributed by atoms with E-state index in [-0.39, 0.29) is 24.1 Å². The molecular weight excluding hydrogens is 322 g/mol. The van der Waals surface area contributed by atoms with Crippen molar-refractivity contribution < 1.29 is 14.3 Å². The Balaban J connectivity index is 1.76. The zero-order chi connectivity index (χ0) is 17.8. The van der Waals surface area contributed by atoms with Crippen LogP contribution in [0.25, 0.3) is 10.8 Å². The van der Waals surface area contributed by atoms with E-state index in [0.717, 1.165) is 17.5 Å². The molecule has 1 aliphatic rings. The number of methoxy groups -OCH3 is 1. The molecule has 0 aliphatic carbocycles. The van der Waals surface area contributed by atoms with Crippen molar-refractivity contribution in [1.82, 2.24) is 14.7 Å². The van der Waals surface area contributed by atoms with Gasteiger partial charge in [-0.05, 0) is 19.4 Å². The molecule has 1 fully saturated rings. The van der Waals surface area contributed by atoms with Crippen LogP contribution in [0.2, 0.25) is 0 Å². The third-order valence-corrected chi connectivity index (χ3v) is 4.47. The minimum atomic E-state index is -0.237. The summed E-state index contributed by atoms with van der Waals surface area (Å²) in [6.07, 6.45) is 0.716. The van der Waals surface area contributed by atoms with Crippen LogP contribution in [0.5, 0.6) is 0 Å². The van der Waals surface area contributed by atoms with Crippen LogP contribution in [0.1, 0.15) is 12.1 Å². The number of rotatable bonds is 5. The Morgan fingerprint density at radius 2 is 2.12 bits per heavy atom. The van der Waals surface area contributed by atoms with E-state index in [2.05, 4.69) is 5.10 Å². The van der Waals surface area contributed by atoms with Crippen LogP contribution >= 0.6 is 0 Å². The highest BCUT2D eigenvalue weighted by molar-refractivity contribution is 5.83. The molecule has 1 aromatic carbocycles. The highest BCUT2D eigenvalue weighted by Gasteiger charge is 2.24. The fourth-order valence-electron chi connectivity index (χ4n) is 3.11. The lowest BCUT2D eigenvalue weighted by molar-refractivity contribution is -0.140. The highest BCUT2D eigenvalue weighted by atomic mass is 16.5. The van der Waals surface area contributed by atoms with E-state index < -0.39 is 0 Å². The van der Waals surface area contributed by atoms with Crippen molar-refractivity contribution in [1.29, 1.82) is 0 Å². The first-order valence-electron chi connectivity index (χ1n) is 8.45. The van der Waals surface area contributed by atoms with Gasteiger partial charge in [-0.15, -0.1) is 0 Å². The van der Waals surface area contributed by atoms with Gasteiger partial charge in [-0.25, -0.2) is 4.68 Å². The number of hydrogen-bond donors (Lipinski definition) is 0. The molecule has 0 spiro atoms. The molecule has 134 valence electrons.